The van der Waals surface area contributed by atoms with Crippen molar-refractivity contribution in [2.75, 3.05) is 6.54 Å². The number of carboxylic acids is 1. The van der Waals surface area contributed by atoms with Gasteiger partial charge >= 0.3 is 12.0 Å². The van der Waals surface area contributed by atoms with Gasteiger partial charge in [0.2, 0.25) is 0 Å². The van der Waals surface area contributed by atoms with E-state index in [1.54, 1.807) is 0 Å². The highest BCUT2D eigenvalue weighted by atomic mass is 16.4. The summed E-state index contributed by atoms with van der Waals surface area (Å²) in [6.45, 7) is 6.28. The highest BCUT2D eigenvalue weighted by molar-refractivity contribution is 5.75. The summed E-state index contributed by atoms with van der Waals surface area (Å²) < 4.78 is 0. The molecule has 0 aromatic heterocycles. The lowest BCUT2D eigenvalue weighted by Crippen LogP contribution is -2.38. The van der Waals surface area contributed by atoms with Gasteiger partial charge in [0, 0.05) is 6.54 Å². The lowest BCUT2D eigenvalue weighted by Gasteiger charge is -2.16. The average Bonchev–Trinajstić information content (AvgIpc) is 2.38. The fourth-order valence-electron chi connectivity index (χ4n) is 1.78. The van der Waals surface area contributed by atoms with Crippen LogP contribution in [0.25, 0.3) is 0 Å². The van der Waals surface area contributed by atoms with E-state index in [0.717, 1.165) is 5.56 Å². The van der Waals surface area contributed by atoms with Gasteiger partial charge in [-0.2, -0.15) is 0 Å². The normalized spacial score (nSPS) is 12.0. The number of carboxylic acid groups (broad SMARTS) is 1. The number of amides is 2. The minimum atomic E-state index is -0.928. The van der Waals surface area contributed by atoms with Crippen LogP contribution < -0.4 is 10.6 Å². The maximum Gasteiger partial charge on any atom is 0.315 e. The topological polar surface area (TPSA) is 78.4 Å². The molecular formula is C15H22N2O3. The van der Waals surface area contributed by atoms with Crippen molar-refractivity contribution in [1.29, 1.82) is 0 Å². The van der Waals surface area contributed by atoms with Crippen molar-refractivity contribution in [2.24, 2.45) is 0 Å². The van der Waals surface area contributed by atoms with Crippen LogP contribution in [-0.2, 0) is 4.79 Å². The predicted octanol–water partition coefficient (Wildman–Crippen LogP) is 2.64. The van der Waals surface area contributed by atoms with E-state index < -0.39 is 5.97 Å². The minimum absolute atomic E-state index is 0.0785. The van der Waals surface area contributed by atoms with E-state index in [0.29, 0.717) is 5.92 Å². The molecule has 0 aliphatic carbocycles. The molecule has 1 aromatic carbocycles. The van der Waals surface area contributed by atoms with Crippen molar-refractivity contribution >= 4 is 12.0 Å². The first-order chi connectivity index (χ1) is 9.40. The number of nitrogens with one attached hydrogen (secondary N) is 2. The molecule has 1 rings (SSSR count). The van der Waals surface area contributed by atoms with Gasteiger partial charge in [-0.15, -0.1) is 0 Å². The Morgan fingerprint density at radius 3 is 2.15 bits per heavy atom. The van der Waals surface area contributed by atoms with Crippen molar-refractivity contribution < 1.29 is 14.7 Å². The van der Waals surface area contributed by atoms with E-state index in [1.807, 2.05) is 19.1 Å². The Bertz CT molecular complexity index is 455. The van der Waals surface area contributed by atoms with E-state index in [2.05, 4.69) is 36.6 Å². The quantitative estimate of drug-likeness (QED) is 0.748. The van der Waals surface area contributed by atoms with Crippen molar-refractivity contribution in [3.8, 4) is 0 Å². The molecular weight excluding hydrogens is 256 g/mol. The van der Waals surface area contributed by atoms with E-state index in [-0.39, 0.29) is 25.0 Å². The zero-order chi connectivity index (χ0) is 15.1. The fraction of sp³-hybridized carbons (Fsp3) is 0.467. The molecule has 110 valence electrons. The van der Waals surface area contributed by atoms with Gasteiger partial charge in [-0.25, -0.2) is 4.79 Å². The minimum Gasteiger partial charge on any atom is -0.481 e. The van der Waals surface area contributed by atoms with Crippen LogP contribution in [0.5, 0.6) is 0 Å². The SMILES string of the molecule is CC(C)c1ccc(C(C)NC(=O)NCCC(=O)O)cc1. The highest BCUT2D eigenvalue weighted by Crippen LogP contribution is 2.18. The van der Waals surface area contributed by atoms with Gasteiger partial charge in [0.1, 0.15) is 0 Å². The van der Waals surface area contributed by atoms with Gasteiger partial charge in [-0.1, -0.05) is 38.1 Å². The predicted molar refractivity (Wildman–Crippen MR) is 77.7 cm³/mol. The summed E-state index contributed by atoms with van der Waals surface area (Å²) in [5.74, 6) is -0.450. The zero-order valence-corrected chi connectivity index (χ0v) is 12.1. The monoisotopic (exact) mass is 278 g/mol. The number of benzene rings is 1. The van der Waals surface area contributed by atoms with E-state index in [9.17, 15) is 9.59 Å². The number of carbonyl (C=O) groups excluding carboxylic acids is 1. The van der Waals surface area contributed by atoms with Gasteiger partial charge < -0.3 is 15.7 Å². The maximum absolute atomic E-state index is 11.6. The van der Waals surface area contributed by atoms with Crippen molar-refractivity contribution in [3.05, 3.63) is 35.4 Å². The van der Waals surface area contributed by atoms with E-state index >= 15 is 0 Å². The number of rotatable bonds is 6. The third-order valence-electron chi connectivity index (χ3n) is 3.08. The molecule has 1 aromatic rings. The molecule has 0 aliphatic rings. The maximum atomic E-state index is 11.6. The van der Waals surface area contributed by atoms with Gasteiger partial charge in [0.05, 0.1) is 12.5 Å². The standard InChI is InChI=1S/C15H22N2O3/c1-10(2)12-4-6-13(7-5-12)11(3)17-15(20)16-9-8-14(18)19/h4-7,10-11H,8-9H2,1-3H3,(H,18,19)(H2,16,17,20). The number of aliphatic carboxylic acids is 1. The number of urea groups is 1. The van der Waals surface area contributed by atoms with Crippen LogP contribution in [0, 0.1) is 0 Å². The Hall–Kier alpha value is -2.04. The molecule has 1 unspecified atom stereocenters. The second kappa shape index (κ2) is 7.53. The van der Waals surface area contributed by atoms with Crippen LogP contribution in [0.15, 0.2) is 24.3 Å². The van der Waals surface area contributed by atoms with E-state index in [1.165, 1.54) is 5.56 Å². The van der Waals surface area contributed by atoms with Crippen LogP contribution >= 0.6 is 0 Å². The van der Waals surface area contributed by atoms with E-state index in [4.69, 9.17) is 5.11 Å². The molecule has 0 saturated carbocycles. The van der Waals surface area contributed by atoms with Crippen LogP contribution in [0.4, 0.5) is 4.79 Å². The Kier molecular flexibility index (Phi) is 6.03. The largest absolute Gasteiger partial charge is 0.481 e. The number of hydrogen-bond acceptors (Lipinski definition) is 2. The second-order valence-corrected chi connectivity index (χ2v) is 5.09. The van der Waals surface area contributed by atoms with Crippen molar-refractivity contribution in [3.63, 3.8) is 0 Å². The summed E-state index contributed by atoms with van der Waals surface area (Å²) in [6, 6.07) is 7.63. The first kappa shape index (κ1) is 16.0. The molecule has 0 spiro atoms. The van der Waals surface area contributed by atoms with Gasteiger partial charge in [-0.3, -0.25) is 4.79 Å². The Morgan fingerprint density at radius 1 is 1.10 bits per heavy atom. The molecule has 0 fully saturated rings. The summed E-state index contributed by atoms with van der Waals surface area (Å²) in [4.78, 5) is 21.9. The summed E-state index contributed by atoms with van der Waals surface area (Å²) in [5.41, 5.74) is 2.27. The molecule has 5 heteroatoms. The second-order valence-electron chi connectivity index (χ2n) is 5.09. The van der Waals surface area contributed by atoms with Crippen LogP contribution in [0.2, 0.25) is 0 Å². The fourth-order valence-corrected chi connectivity index (χ4v) is 1.78. The lowest BCUT2D eigenvalue weighted by atomic mass is 10.00. The Labute approximate surface area is 119 Å². The Morgan fingerprint density at radius 2 is 1.65 bits per heavy atom. The molecule has 2 amide bonds. The lowest BCUT2D eigenvalue weighted by molar-refractivity contribution is -0.136. The van der Waals surface area contributed by atoms with Gasteiger partial charge in [-0.05, 0) is 24.0 Å². The zero-order valence-electron chi connectivity index (χ0n) is 12.1. The molecule has 1 atom stereocenters. The van der Waals surface area contributed by atoms with Crippen molar-refractivity contribution in [1.82, 2.24) is 10.6 Å². The molecule has 0 bridgehead atoms. The molecule has 0 heterocycles. The average molecular weight is 278 g/mol. The summed E-state index contributed by atoms with van der Waals surface area (Å²) >= 11 is 0. The summed E-state index contributed by atoms with van der Waals surface area (Å²) in [5, 5.41) is 13.8. The third kappa shape index (κ3) is 5.30. The smallest absolute Gasteiger partial charge is 0.315 e. The molecule has 0 saturated heterocycles. The van der Waals surface area contributed by atoms with Crippen molar-refractivity contribution in [2.45, 2.75) is 39.2 Å². The Balaban J connectivity index is 2.47. The molecule has 20 heavy (non-hydrogen) atoms. The van der Waals surface area contributed by atoms with Crippen LogP contribution in [0.1, 0.15) is 50.3 Å². The molecule has 5 nitrogen and oxygen atoms in total. The van der Waals surface area contributed by atoms with Gasteiger partial charge in [0.25, 0.3) is 0 Å². The third-order valence-corrected chi connectivity index (χ3v) is 3.08. The molecule has 3 N–H and O–H groups in total. The van der Waals surface area contributed by atoms with Gasteiger partial charge in [0.15, 0.2) is 0 Å². The highest BCUT2D eigenvalue weighted by Gasteiger charge is 2.10. The summed E-state index contributed by atoms with van der Waals surface area (Å²) in [6.07, 6.45) is -0.0785. The summed E-state index contributed by atoms with van der Waals surface area (Å²) in [7, 11) is 0. The number of hydrogen-bond donors (Lipinski definition) is 3. The number of carbonyl (C=O) groups is 2. The molecule has 0 radical (unpaired) electrons. The van der Waals surface area contributed by atoms with Crippen LogP contribution in [0.3, 0.4) is 0 Å². The first-order valence-electron chi connectivity index (χ1n) is 6.76. The first-order valence-corrected chi connectivity index (χ1v) is 6.76. The molecule has 0 aliphatic heterocycles. The van der Waals surface area contributed by atoms with Crippen LogP contribution in [-0.4, -0.2) is 23.7 Å².